The summed E-state index contributed by atoms with van der Waals surface area (Å²) in [4.78, 5) is 29.0. The fourth-order valence-corrected chi connectivity index (χ4v) is 4.62. The Labute approximate surface area is 167 Å². The largest absolute Gasteiger partial charge is 0.358 e. The van der Waals surface area contributed by atoms with Crippen molar-refractivity contribution >= 4 is 34.0 Å². The minimum absolute atomic E-state index is 0.0394. The van der Waals surface area contributed by atoms with Crippen LogP contribution in [0.25, 0.3) is 0 Å². The van der Waals surface area contributed by atoms with Gasteiger partial charge in [0.1, 0.15) is 16.6 Å². The number of aryl methyl sites for hydroxylation is 1. The van der Waals surface area contributed by atoms with Gasteiger partial charge < -0.3 is 15.1 Å². The van der Waals surface area contributed by atoms with Crippen LogP contribution in [0.5, 0.6) is 0 Å². The summed E-state index contributed by atoms with van der Waals surface area (Å²) in [5.74, 6) is -0.0868. The number of piperazine rings is 1. The van der Waals surface area contributed by atoms with Crippen LogP contribution in [0.4, 0.5) is 10.7 Å². The molecule has 1 saturated heterocycles. The molecule has 2 aromatic rings. The highest BCUT2D eigenvalue weighted by molar-refractivity contribution is 7.10. The summed E-state index contributed by atoms with van der Waals surface area (Å²) in [5, 5.41) is 13.1. The third-order valence-electron chi connectivity index (χ3n) is 5.57. The highest BCUT2D eigenvalue weighted by atomic mass is 32.1. The Hall–Kier alpha value is -2.92. The molecule has 4 rings (SSSR count). The number of hydrogen-bond donors (Lipinski definition) is 1. The molecule has 0 radical (unpaired) electrons. The summed E-state index contributed by atoms with van der Waals surface area (Å²) in [6, 6.07) is 7.67. The Morgan fingerprint density at radius 2 is 2.00 bits per heavy atom. The van der Waals surface area contributed by atoms with Crippen LogP contribution in [0, 0.1) is 18.3 Å². The second kappa shape index (κ2) is 6.60. The van der Waals surface area contributed by atoms with Gasteiger partial charge in [-0.2, -0.15) is 9.64 Å². The molecule has 0 bridgehead atoms. The van der Waals surface area contributed by atoms with Crippen LogP contribution in [0.3, 0.4) is 0 Å². The van der Waals surface area contributed by atoms with Gasteiger partial charge in [0.05, 0.1) is 11.1 Å². The average molecular weight is 395 g/mol. The van der Waals surface area contributed by atoms with E-state index in [4.69, 9.17) is 0 Å². The molecule has 1 aromatic carbocycles. The Morgan fingerprint density at radius 1 is 1.29 bits per heavy atom. The topological polar surface area (TPSA) is 89.3 Å². The van der Waals surface area contributed by atoms with Crippen molar-refractivity contribution in [2.75, 3.05) is 36.4 Å². The molecule has 1 N–H and O–H groups in total. The summed E-state index contributed by atoms with van der Waals surface area (Å²) < 4.78 is 4.28. The highest BCUT2D eigenvalue weighted by Gasteiger charge is 2.38. The van der Waals surface area contributed by atoms with Crippen molar-refractivity contribution in [3.63, 3.8) is 0 Å². The third kappa shape index (κ3) is 2.83. The van der Waals surface area contributed by atoms with Gasteiger partial charge in [0, 0.05) is 37.4 Å². The Balaban J connectivity index is 1.47. The Bertz CT molecular complexity index is 1010. The third-order valence-corrected chi connectivity index (χ3v) is 6.57. The molecule has 0 spiro atoms. The van der Waals surface area contributed by atoms with Gasteiger partial charge in [-0.05, 0) is 50.0 Å². The van der Waals surface area contributed by atoms with E-state index in [0.717, 1.165) is 21.9 Å². The summed E-state index contributed by atoms with van der Waals surface area (Å²) >= 11 is 1.34. The van der Waals surface area contributed by atoms with Crippen LogP contribution in [-0.2, 0) is 10.2 Å². The van der Waals surface area contributed by atoms with Crippen LogP contribution < -0.4 is 10.2 Å². The first-order valence-corrected chi connectivity index (χ1v) is 9.97. The van der Waals surface area contributed by atoms with Crippen molar-refractivity contribution in [2.45, 2.75) is 26.2 Å². The molecule has 2 amide bonds. The van der Waals surface area contributed by atoms with Crippen molar-refractivity contribution in [1.82, 2.24) is 9.27 Å². The standard InChI is InChI=1S/C20H21N5O2S/c1-12-14(11-21)18(28-23-12)25-8-6-24(7-9-25)17(26)13-4-5-15-16(10-13)22-19(27)20(15,2)3/h4-5,10H,6-9H2,1-3H3,(H,22,27). The van der Waals surface area contributed by atoms with Crippen molar-refractivity contribution in [3.8, 4) is 6.07 Å². The number of nitrogens with zero attached hydrogens (tertiary/aromatic N) is 4. The lowest BCUT2D eigenvalue weighted by molar-refractivity contribution is -0.119. The van der Waals surface area contributed by atoms with E-state index in [9.17, 15) is 14.9 Å². The maximum absolute atomic E-state index is 12.9. The van der Waals surface area contributed by atoms with Crippen molar-refractivity contribution in [1.29, 1.82) is 5.26 Å². The number of nitriles is 1. The molecular weight excluding hydrogens is 374 g/mol. The summed E-state index contributed by atoms with van der Waals surface area (Å²) in [6.07, 6.45) is 0. The highest BCUT2D eigenvalue weighted by Crippen LogP contribution is 2.38. The molecule has 0 atom stereocenters. The van der Waals surface area contributed by atoms with Gasteiger partial charge in [0.15, 0.2) is 0 Å². The molecule has 3 heterocycles. The SMILES string of the molecule is Cc1nsc(N2CCN(C(=O)c3ccc4c(c3)NC(=O)C4(C)C)CC2)c1C#N. The van der Waals surface area contributed by atoms with Crippen LogP contribution in [0.2, 0.25) is 0 Å². The van der Waals surface area contributed by atoms with Gasteiger partial charge >= 0.3 is 0 Å². The fourth-order valence-electron chi connectivity index (χ4n) is 3.72. The zero-order valence-electron chi connectivity index (χ0n) is 16.1. The molecule has 1 aromatic heterocycles. The normalized spacial score (nSPS) is 17.9. The minimum Gasteiger partial charge on any atom is -0.358 e. The molecule has 144 valence electrons. The number of fused-ring (bicyclic) bond motifs is 1. The van der Waals surface area contributed by atoms with E-state index in [1.165, 1.54) is 11.5 Å². The fraction of sp³-hybridized carbons (Fsp3) is 0.400. The lowest BCUT2D eigenvalue weighted by Gasteiger charge is -2.35. The summed E-state index contributed by atoms with van der Waals surface area (Å²) in [6.45, 7) is 8.09. The number of amides is 2. The van der Waals surface area contributed by atoms with Crippen LogP contribution >= 0.6 is 11.5 Å². The number of carbonyl (C=O) groups is 2. The maximum Gasteiger partial charge on any atom is 0.254 e. The molecule has 7 nitrogen and oxygen atoms in total. The van der Waals surface area contributed by atoms with E-state index in [-0.39, 0.29) is 11.8 Å². The van der Waals surface area contributed by atoms with E-state index >= 15 is 0 Å². The predicted molar refractivity (Wildman–Crippen MR) is 108 cm³/mol. The van der Waals surface area contributed by atoms with Crippen molar-refractivity contribution in [2.24, 2.45) is 0 Å². The monoisotopic (exact) mass is 395 g/mol. The van der Waals surface area contributed by atoms with Gasteiger partial charge in [-0.3, -0.25) is 9.59 Å². The van der Waals surface area contributed by atoms with Crippen LogP contribution in [0.15, 0.2) is 18.2 Å². The van der Waals surface area contributed by atoms with Crippen LogP contribution in [-0.4, -0.2) is 47.3 Å². The van der Waals surface area contributed by atoms with Crippen molar-refractivity contribution < 1.29 is 9.59 Å². The Morgan fingerprint density at radius 3 is 2.68 bits per heavy atom. The number of carbonyl (C=O) groups excluding carboxylic acids is 2. The van der Waals surface area contributed by atoms with E-state index < -0.39 is 5.41 Å². The molecule has 28 heavy (non-hydrogen) atoms. The maximum atomic E-state index is 12.9. The van der Waals surface area contributed by atoms with Gasteiger partial charge in [0.2, 0.25) is 5.91 Å². The van der Waals surface area contributed by atoms with E-state index in [2.05, 4.69) is 20.7 Å². The first-order valence-electron chi connectivity index (χ1n) is 9.19. The van der Waals surface area contributed by atoms with Gasteiger partial charge in [-0.25, -0.2) is 0 Å². The molecular formula is C20H21N5O2S. The van der Waals surface area contributed by atoms with Gasteiger partial charge in [-0.15, -0.1) is 0 Å². The molecule has 1 fully saturated rings. The number of benzene rings is 1. The number of hydrogen-bond acceptors (Lipinski definition) is 6. The zero-order chi connectivity index (χ0) is 20.1. The second-order valence-corrected chi connectivity index (χ2v) is 8.43. The van der Waals surface area contributed by atoms with Gasteiger partial charge in [0.25, 0.3) is 5.91 Å². The smallest absolute Gasteiger partial charge is 0.254 e. The zero-order valence-corrected chi connectivity index (χ0v) is 16.9. The Kier molecular flexibility index (Phi) is 4.35. The number of nitrogens with one attached hydrogen (secondary N) is 1. The van der Waals surface area contributed by atoms with Gasteiger partial charge in [-0.1, -0.05) is 6.07 Å². The number of aromatic nitrogens is 1. The quantitative estimate of drug-likeness (QED) is 0.844. The molecule has 2 aliphatic rings. The van der Waals surface area contributed by atoms with E-state index in [0.29, 0.717) is 37.3 Å². The lowest BCUT2D eigenvalue weighted by atomic mass is 9.86. The lowest BCUT2D eigenvalue weighted by Crippen LogP contribution is -2.48. The van der Waals surface area contributed by atoms with E-state index in [1.54, 1.807) is 12.1 Å². The molecule has 0 aliphatic carbocycles. The number of anilines is 2. The average Bonchev–Trinajstić information content (AvgIpc) is 3.17. The first kappa shape index (κ1) is 18.4. The molecule has 8 heteroatoms. The first-order chi connectivity index (χ1) is 13.3. The predicted octanol–water partition coefficient (Wildman–Crippen LogP) is 2.52. The van der Waals surface area contributed by atoms with E-state index in [1.807, 2.05) is 31.7 Å². The molecule has 0 saturated carbocycles. The van der Waals surface area contributed by atoms with Crippen molar-refractivity contribution in [3.05, 3.63) is 40.6 Å². The molecule has 0 unspecified atom stereocenters. The molecule has 2 aliphatic heterocycles. The second-order valence-electron chi connectivity index (χ2n) is 7.68. The number of rotatable bonds is 2. The van der Waals surface area contributed by atoms with Crippen LogP contribution in [0.1, 0.15) is 41.0 Å². The summed E-state index contributed by atoms with van der Waals surface area (Å²) in [7, 11) is 0. The minimum atomic E-state index is -0.576. The summed E-state index contributed by atoms with van der Waals surface area (Å²) in [5.41, 5.74) is 3.03.